The number of carbonyl (C=O) groups excluding carboxylic acids is 2. The molecule has 6 nitrogen and oxygen atoms in total. The number of rotatable bonds is 3. The topological polar surface area (TPSA) is 81.6 Å². The number of methoxy groups -OCH3 is 1. The average Bonchev–Trinajstić information content (AvgIpc) is 2.49. The number of H-pyrrole nitrogens is 1. The Kier molecular flexibility index (Phi) is 4.50. The Hall–Kier alpha value is -2.89. The van der Waals surface area contributed by atoms with Crippen LogP contribution < -0.4 is 20.4 Å². The predicted molar refractivity (Wildman–Crippen MR) is 77.2 cm³/mol. The molecule has 0 saturated heterocycles. The van der Waals surface area contributed by atoms with Gasteiger partial charge in [-0.2, -0.15) is 5.32 Å². The first-order valence-corrected chi connectivity index (χ1v) is 6.34. The fourth-order valence-corrected chi connectivity index (χ4v) is 1.72. The zero-order valence-corrected chi connectivity index (χ0v) is 11.8. The molecule has 0 unspecified atom stereocenters. The number of benzene rings is 1. The second kappa shape index (κ2) is 6.51. The maximum atomic E-state index is 11.9. The molecule has 1 aromatic heterocycles. The molecule has 21 heavy (non-hydrogen) atoms. The molecule has 3 N–H and O–H groups in total. The molecule has 0 radical (unpaired) electrons. The quantitative estimate of drug-likeness (QED) is 0.902. The van der Waals surface area contributed by atoms with Crippen molar-refractivity contribution in [2.24, 2.45) is 0 Å². The number of hydrogen-bond acceptors (Lipinski definition) is 3. The first kappa shape index (κ1) is 14.5. The van der Waals surface area contributed by atoms with Crippen LogP contribution in [0.2, 0.25) is 0 Å². The highest BCUT2D eigenvalue weighted by molar-refractivity contribution is 6.07. The van der Waals surface area contributed by atoms with Crippen molar-refractivity contribution >= 4 is 17.8 Å². The van der Waals surface area contributed by atoms with Gasteiger partial charge in [-0.25, -0.2) is 9.78 Å². The van der Waals surface area contributed by atoms with Crippen LogP contribution in [-0.4, -0.2) is 19.0 Å². The number of carbonyl (C=O) groups is 2. The van der Waals surface area contributed by atoms with Crippen molar-refractivity contribution < 1.29 is 19.3 Å². The summed E-state index contributed by atoms with van der Waals surface area (Å²) in [5, 5.41) is 4.84. The number of ether oxygens (including phenoxy) is 1. The van der Waals surface area contributed by atoms with Gasteiger partial charge in [0.2, 0.25) is 0 Å². The smallest absolute Gasteiger partial charge is 0.413 e. The standard InChI is InChI=1S/C15H15N3O3/c1-10-4-3-9-16-13(10)17-15(20)18-14(19)11-5-7-12(21-2)8-6-11/h3-9H,1-2H3,(H2,16,17,18,19,20)/p+1. The zero-order chi connectivity index (χ0) is 15.2. The lowest BCUT2D eigenvalue weighted by Gasteiger charge is -2.04. The van der Waals surface area contributed by atoms with E-state index in [0.717, 1.165) is 5.56 Å². The van der Waals surface area contributed by atoms with Crippen molar-refractivity contribution in [3.8, 4) is 5.75 Å². The van der Waals surface area contributed by atoms with E-state index >= 15 is 0 Å². The Balaban J connectivity index is 1.98. The molecule has 0 spiro atoms. The Morgan fingerprint density at radius 3 is 2.48 bits per heavy atom. The van der Waals surface area contributed by atoms with Gasteiger partial charge in [0.25, 0.3) is 11.7 Å². The molecule has 0 fully saturated rings. The first-order valence-electron chi connectivity index (χ1n) is 6.34. The van der Waals surface area contributed by atoms with E-state index in [0.29, 0.717) is 17.1 Å². The summed E-state index contributed by atoms with van der Waals surface area (Å²) >= 11 is 0. The van der Waals surface area contributed by atoms with Gasteiger partial charge in [0.05, 0.1) is 13.3 Å². The van der Waals surface area contributed by atoms with Crippen molar-refractivity contribution in [2.45, 2.75) is 6.92 Å². The van der Waals surface area contributed by atoms with Crippen LogP contribution in [0.4, 0.5) is 10.6 Å². The number of pyridine rings is 1. The van der Waals surface area contributed by atoms with Crippen LogP contribution in [-0.2, 0) is 0 Å². The van der Waals surface area contributed by atoms with E-state index in [2.05, 4.69) is 15.6 Å². The summed E-state index contributed by atoms with van der Waals surface area (Å²) in [4.78, 5) is 26.6. The highest BCUT2D eigenvalue weighted by Crippen LogP contribution is 2.11. The number of urea groups is 1. The van der Waals surface area contributed by atoms with Gasteiger partial charge in [0.15, 0.2) is 0 Å². The third kappa shape index (κ3) is 3.79. The van der Waals surface area contributed by atoms with Crippen molar-refractivity contribution in [3.63, 3.8) is 0 Å². The summed E-state index contributed by atoms with van der Waals surface area (Å²) in [5.41, 5.74) is 1.24. The number of anilines is 1. The molecule has 0 saturated carbocycles. The molecule has 0 atom stereocenters. The molecule has 0 aliphatic carbocycles. The third-order valence-electron chi connectivity index (χ3n) is 2.88. The van der Waals surface area contributed by atoms with Crippen molar-refractivity contribution in [2.75, 3.05) is 12.4 Å². The highest BCUT2D eigenvalue weighted by Gasteiger charge is 2.16. The van der Waals surface area contributed by atoms with Gasteiger partial charge in [-0.05, 0) is 43.3 Å². The van der Waals surface area contributed by atoms with Crippen LogP contribution in [0.25, 0.3) is 0 Å². The van der Waals surface area contributed by atoms with E-state index in [-0.39, 0.29) is 0 Å². The molecule has 6 heteroatoms. The van der Waals surface area contributed by atoms with E-state index in [9.17, 15) is 9.59 Å². The van der Waals surface area contributed by atoms with Crippen molar-refractivity contribution in [1.82, 2.24) is 5.32 Å². The number of nitrogens with one attached hydrogen (secondary N) is 3. The minimum atomic E-state index is -0.596. The minimum absolute atomic E-state index is 0.375. The lowest BCUT2D eigenvalue weighted by atomic mass is 10.2. The van der Waals surface area contributed by atoms with Gasteiger partial charge in [0.1, 0.15) is 5.75 Å². The molecule has 0 bridgehead atoms. The molecule has 1 heterocycles. The van der Waals surface area contributed by atoms with Crippen LogP contribution in [0.5, 0.6) is 5.75 Å². The SMILES string of the molecule is COc1ccc(C(=O)NC(=O)Nc2[nH+]cccc2C)cc1. The van der Waals surface area contributed by atoms with E-state index < -0.39 is 11.9 Å². The molecular weight excluding hydrogens is 270 g/mol. The van der Waals surface area contributed by atoms with Crippen molar-refractivity contribution in [1.29, 1.82) is 0 Å². The van der Waals surface area contributed by atoms with Crippen LogP contribution >= 0.6 is 0 Å². The fourth-order valence-electron chi connectivity index (χ4n) is 1.72. The number of aryl methyl sites for hydroxylation is 1. The van der Waals surface area contributed by atoms with Crippen molar-refractivity contribution in [3.05, 3.63) is 53.7 Å². The van der Waals surface area contributed by atoms with Gasteiger partial charge < -0.3 is 4.74 Å². The maximum Gasteiger partial charge on any atom is 0.413 e. The van der Waals surface area contributed by atoms with Crippen LogP contribution in [0.15, 0.2) is 42.6 Å². The van der Waals surface area contributed by atoms with Gasteiger partial charge in [-0.1, -0.05) is 0 Å². The summed E-state index contributed by atoms with van der Waals surface area (Å²) in [7, 11) is 1.54. The molecule has 2 rings (SSSR count). The molecule has 1 aromatic carbocycles. The Labute approximate surface area is 122 Å². The monoisotopic (exact) mass is 286 g/mol. The van der Waals surface area contributed by atoms with Gasteiger partial charge in [-0.15, -0.1) is 0 Å². The minimum Gasteiger partial charge on any atom is -0.497 e. The Morgan fingerprint density at radius 1 is 1.14 bits per heavy atom. The zero-order valence-electron chi connectivity index (χ0n) is 11.8. The average molecular weight is 286 g/mol. The molecular formula is C15H16N3O3+. The summed E-state index contributed by atoms with van der Waals surface area (Å²) in [5.74, 6) is 0.701. The number of aromatic amines is 1. The number of amides is 3. The molecule has 2 aromatic rings. The van der Waals surface area contributed by atoms with Crippen LogP contribution in [0.1, 0.15) is 15.9 Å². The summed E-state index contributed by atoms with van der Waals surface area (Å²) in [6.07, 6.45) is 1.69. The predicted octanol–water partition coefficient (Wildman–Crippen LogP) is 1.78. The van der Waals surface area contributed by atoms with E-state index in [1.165, 1.54) is 0 Å². The molecule has 3 amide bonds. The first-order chi connectivity index (χ1) is 10.1. The van der Waals surface area contributed by atoms with E-state index in [1.807, 2.05) is 19.1 Å². The summed E-state index contributed by atoms with van der Waals surface area (Å²) < 4.78 is 5.01. The van der Waals surface area contributed by atoms with E-state index in [1.54, 1.807) is 37.6 Å². The number of imide groups is 1. The van der Waals surface area contributed by atoms with Crippen LogP contribution in [0.3, 0.4) is 0 Å². The Morgan fingerprint density at radius 2 is 1.86 bits per heavy atom. The maximum absolute atomic E-state index is 11.9. The normalized spacial score (nSPS) is 9.81. The number of aromatic nitrogens is 1. The molecule has 108 valence electrons. The second-order valence-electron chi connectivity index (χ2n) is 4.36. The van der Waals surface area contributed by atoms with Gasteiger partial charge in [0, 0.05) is 11.1 Å². The summed E-state index contributed by atoms with van der Waals surface area (Å²) in [6.45, 7) is 1.84. The summed E-state index contributed by atoms with van der Waals surface area (Å²) in [6, 6.07) is 9.55. The molecule has 0 aliphatic heterocycles. The lowest BCUT2D eigenvalue weighted by Crippen LogP contribution is -2.36. The second-order valence-corrected chi connectivity index (χ2v) is 4.36. The van der Waals surface area contributed by atoms with Crippen LogP contribution in [0, 0.1) is 6.92 Å². The number of hydrogen-bond donors (Lipinski definition) is 2. The lowest BCUT2D eigenvalue weighted by molar-refractivity contribution is -0.361. The molecule has 0 aliphatic rings. The Bertz CT molecular complexity index is 653. The van der Waals surface area contributed by atoms with E-state index in [4.69, 9.17) is 4.74 Å². The fraction of sp³-hybridized carbons (Fsp3) is 0.133. The highest BCUT2D eigenvalue weighted by atomic mass is 16.5. The third-order valence-corrected chi connectivity index (χ3v) is 2.88. The van der Waals surface area contributed by atoms with Gasteiger partial charge in [-0.3, -0.25) is 10.1 Å². The van der Waals surface area contributed by atoms with Gasteiger partial charge >= 0.3 is 6.03 Å². The largest absolute Gasteiger partial charge is 0.497 e.